The highest BCUT2D eigenvalue weighted by Gasteiger charge is 2.30. The number of aryl methyl sites for hydroxylation is 1. The zero-order valence-corrected chi connectivity index (χ0v) is 17.8. The Morgan fingerprint density at radius 3 is 2.60 bits per heavy atom. The maximum atomic E-state index is 12.9. The number of nitrogens with one attached hydrogen (secondary N) is 2. The van der Waals surface area contributed by atoms with Gasteiger partial charge in [0.05, 0.1) is 31.5 Å². The third-order valence-corrected chi connectivity index (χ3v) is 5.65. The molecule has 2 aromatic carbocycles. The van der Waals surface area contributed by atoms with E-state index >= 15 is 0 Å². The quantitative estimate of drug-likeness (QED) is 0.557. The van der Waals surface area contributed by atoms with E-state index in [1.54, 1.807) is 14.2 Å². The van der Waals surface area contributed by atoms with Gasteiger partial charge in [0, 0.05) is 6.54 Å². The van der Waals surface area contributed by atoms with Crippen LogP contribution in [0.4, 0.5) is 0 Å². The van der Waals surface area contributed by atoms with Crippen LogP contribution in [0.3, 0.4) is 0 Å². The number of methoxy groups -OCH3 is 2. The van der Waals surface area contributed by atoms with E-state index in [-0.39, 0.29) is 16.2 Å². The Bertz CT molecular complexity index is 1230. The summed E-state index contributed by atoms with van der Waals surface area (Å²) < 4.78 is 12.5. The molecule has 2 heterocycles. The molecule has 1 aliphatic heterocycles. The topological polar surface area (TPSA) is 88.5 Å². The number of fused-ring (bicyclic) bond motifs is 1. The van der Waals surface area contributed by atoms with Crippen molar-refractivity contribution in [2.45, 2.75) is 19.4 Å². The molecule has 1 aromatic heterocycles. The normalized spacial score (nSPS) is 15.5. The summed E-state index contributed by atoms with van der Waals surface area (Å²) in [6.45, 7) is 2.60. The monoisotopic (exact) mass is 425 g/mol. The summed E-state index contributed by atoms with van der Waals surface area (Å²) in [6, 6.07) is 10.8. The second-order valence-corrected chi connectivity index (χ2v) is 7.60. The van der Waals surface area contributed by atoms with Crippen LogP contribution in [0.2, 0.25) is 0 Å². The van der Waals surface area contributed by atoms with Crippen molar-refractivity contribution in [3.63, 3.8) is 0 Å². The van der Waals surface area contributed by atoms with Gasteiger partial charge in [-0.15, -0.1) is 0 Å². The van der Waals surface area contributed by atoms with E-state index in [4.69, 9.17) is 21.7 Å². The molecule has 0 saturated heterocycles. The van der Waals surface area contributed by atoms with E-state index in [2.05, 4.69) is 10.3 Å². The molecule has 0 radical (unpaired) electrons. The molecule has 0 unspecified atom stereocenters. The molecule has 0 fully saturated rings. The van der Waals surface area contributed by atoms with Gasteiger partial charge < -0.3 is 19.9 Å². The van der Waals surface area contributed by atoms with Crippen molar-refractivity contribution in [2.75, 3.05) is 20.8 Å². The van der Waals surface area contributed by atoms with Gasteiger partial charge in [-0.2, -0.15) is 0 Å². The van der Waals surface area contributed by atoms with Gasteiger partial charge in [-0.3, -0.25) is 14.3 Å². The molecule has 30 heavy (non-hydrogen) atoms. The second-order valence-electron chi connectivity index (χ2n) is 7.21. The van der Waals surface area contributed by atoms with Crippen LogP contribution in [-0.4, -0.2) is 35.4 Å². The number of H-pyrrole nitrogens is 1. The Balaban J connectivity index is 1.94. The van der Waals surface area contributed by atoms with Gasteiger partial charge in [0.25, 0.3) is 5.56 Å². The predicted octanol–water partition coefficient (Wildman–Crippen LogP) is 3.16. The van der Waals surface area contributed by atoms with E-state index < -0.39 is 11.6 Å². The molecule has 0 saturated carbocycles. The summed E-state index contributed by atoms with van der Waals surface area (Å²) in [5.41, 5.74) is 3.35. The fourth-order valence-electron chi connectivity index (χ4n) is 3.95. The van der Waals surface area contributed by atoms with Crippen LogP contribution < -0.4 is 20.3 Å². The van der Waals surface area contributed by atoms with Crippen molar-refractivity contribution in [3.8, 4) is 23.1 Å². The molecule has 3 aromatic rings. The number of nitrogens with zero attached hydrogens (tertiary/aromatic N) is 1. The minimum Gasteiger partial charge on any atom is -0.494 e. The lowest BCUT2D eigenvalue weighted by Gasteiger charge is -2.29. The first-order valence-corrected chi connectivity index (χ1v) is 9.98. The Morgan fingerprint density at radius 1 is 1.17 bits per heavy atom. The molecule has 1 atom stereocenters. The average Bonchev–Trinajstić information content (AvgIpc) is 2.72. The van der Waals surface area contributed by atoms with Gasteiger partial charge in [0.2, 0.25) is 5.88 Å². The largest absolute Gasteiger partial charge is 0.494 e. The second kappa shape index (κ2) is 7.97. The fourth-order valence-corrected chi connectivity index (χ4v) is 4.23. The number of rotatable bonds is 4. The molecular formula is C22H23N3O4S. The molecule has 0 spiro atoms. The molecule has 8 heteroatoms. The minimum atomic E-state index is -0.524. The smallest absolute Gasteiger partial charge is 0.260 e. The highest BCUT2D eigenvalue weighted by Crippen LogP contribution is 2.38. The number of hydrogen-bond acceptors (Lipinski definition) is 6. The van der Waals surface area contributed by atoms with Gasteiger partial charge in [-0.1, -0.05) is 12.1 Å². The lowest BCUT2D eigenvalue weighted by molar-refractivity contribution is 0.352. The van der Waals surface area contributed by atoms with Crippen molar-refractivity contribution in [1.82, 2.24) is 14.9 Å². The van der Waals surface area contributed by atoms with Crippen molar-refractivity contribution in [1.29, 1.82) is 0 Å². The summed E-state index contributed by atoms with van der Waals surface area (Å²) in [6.07, 6.45) is 0.766. The first-order chi connectivity index (χ1) is 14.4. The van der Waals surface area contributed by atoms with Crippen molar-refractivity contribution >= 4 is 12.2 Å². The zero-order valence-electron chi connectivity index (χ0n) is 17.0. The summed E-state index contributed by atoms with van der Waals surface area (Å²) in [5.74, 6) is 1.01. The van der Waals surface area contributed by atoms with Crippen LogP contribution >= 0.6 is 12.2 Å². The molecule has 0 aliphatic carbocycles. The number of hydrogen-bond donors (Lipinski definition) is 3. The maximum Gasteiger partial charge on any atom is 0.260 e. The van der Waals surface area contributed by atoms with Gasteiger partial charge in [0.15, 0.2) is 16.3 Å². The van der Waals surface area contributed by atoms with E-state index in [9.17, 15) is 9.90 Å². The van der Waals surface area contributed by atoms with Gasteiger partial charge >= 0.3 is 0 Å². The lowest BCUT2D eigenvalue weighted by Crippen LogP contribution is -2.35. The molecule has 4 rings (SSSR count). The summed E-state index contributed by atoms with van der Waals surface area (Å²) in [4.78, 5) is 15.6. The maximum absolute atomic E-state index is 12.9. The van der Waals surface area contributed by atoms with E-state index in [0.717, 1.165) is 23.1 Å². The average molecular weight is 426 g/mol. The van der Waals surface area contributed by atoms with Gasteiger partial charge in [0.1, 0.15) is 0 Å². The van der Waals surface area contributed by atoms with E-state index in [1.807, 2.05) is 43.3 Å². The van der Waals surface area contributed by atoms with Gasteiger partial charge in [-0.05, 0) is 66.5 Å². The van der Waals surface area contributed by atoms with Crippen LogP contribution in [0.15, 0.2) is 41.2 Å². The number of benzene rings is 2. The fraction of sp³-hybridized carbons (Fsp3) is 0.273. The van der Waals surface area contributed by atoms with Crippen molar-refractivity contribution in [2.24, 2.45) is 0 Å². The van der Waals surface area contributed by atoms with Crippen LogP contribution in [0.1, 0.15) is 28.3 Å². The van der Waals surface area contributed by atoms with Crippen molar-refractivity contribution in [3.05, 3.63) is 73.8 Å². The molecule has 0 bridgehead atoms. The number of ether oxygens (including phenoxy) is 2. The SMILES string of the molecule is COc1cc2c(cc1OC)[C@@H](c1c(O)n(-c3cccc(C)c3)c(=S)[nH]c1=O)NCC2. The van der Waals surface area contributed by atoms with Crippen molar-refractivity contribution < 1.29 is 14.6 Å². The summed E-state index contributed by atoms with van der Waals surface area (Å²) in [5, 5.41) is 14.5. The molecule has 156 valence electrons. The predicted molar refractivity (Wildman–Crippen MR) is 117 cm³/mol. The minimum absolute atomic E-state index is 0.134. The lowest BCUT2D eigenvalue weighted by atomic mass is 9.90. The first-order valence-electron chi connectivity index (χ1n) is 9.58. The van der Waals surface area contributed by atoms with Crippen LogP contribution in [0.25, 0.3) is 5.69 Å². The molecular weight excluding hydrogens is 402 g/mol. The highest BCUT2D eigenvalue weighted by atomic mass is 32.1. The summed E-state index contributed by atoms with van der Waals surface area (Å²) >= 11 is 5.35. The van der Waals surface area contributed by atoms with E-state index in [0.29, 0.717) is 23.7 Å². The molecule has 3 N–H and O–H groups in total. The van der Waals surface area contributed by atoms with Gasteiger partial charge in [-0.25, -0.2) is 0 Å². The van der Waals surface area contributed by atoms with Crippen LogP contribution in [0, 0.1) is 11.7 Å². The Morgan fingerprint density at radius 2 is 1.90 bits per heavy atom. The van der Waals surface area contributed by atoms with Crippen LogP contribution in [-0.2, 0) is 6.42 Å². The molecule has 0 amide bonds. The zero-order chi connectivity index (χ0) is 21.4. The Labute approximate surface area is 178 Å². The van der Waals surface area contributed by atoms with Crippen LogP contribution in [0.5, 0.6) is 17.4 Å². The van der Waals surface area contributed by atoms with E-state index in [1.165, 1.54) is 4.57 Å². The first kappa shape index (κ1) is 20.2. The number of aromatic nitrogens is 2. The molecule has 7 nitrogen and oxygen atoms in total. The highest BCUT2D eigenvalue weighted by molar-refractivity contribution is 7.71. The Kier molecular flexibility index (Phi) is 5.36. The number of aromatic amines is 1. The third-order valence-electron chi connectivity index (χ3n) is 5.37. The summed E-state index contributed by atoms with van der Waals surface area (Å²) in [7, 11) is 3.16. The Hall–Kier alpha value is -3.10. The molecule has 1 aliphatic rings. The number of aromatic hydroxyl groups is 1. The standard InChI is InChI=1S/C22H23N3O4S/c1-12-5-4-6-14(9-12)25-21(27)18(20(26)24-22(25)30)19-15-11-17(29-3)16(28-2)10-13(15)7-8-23-19/h4-6,9-11,19,23,27H,7-8H2,1-3H3,(H,24,26,30)/t19-/m0/s1. The third kappa shape index (κ3) is 3.38.